The average molecular weight is 352 g/mol. The molecule has 138 valence electrons. The van der Waals surface area contributed by atoms with Gasteiger partial charge in [0.25, 0.3) is 5.91 Å². The predicted molar refractivity (Wildman–Crippen MR) is 104 cm³/mol. The number of hydrogen-bond donors (Lipinski definition) is 1. The minimum absolute atomic E-state index is 0.00176. The quantitative estimate of drug-likeness (QED) is 0.865. The number of nitrogens with zero attached hydrogens (tertiary/aromatic N) is 1. The Morgan fingerprint density at radius 3 is 2.54 bits per heavy atom. The third-order valence-electron chi connectivity index (χ3n) is 5.29. The van der Waals surface area contributed by atoms with Crippen LogP contribution in [-0.4, -0.2) is 30.4 Å². The molecule has 26 heavy (non-hydrogen) atoms. The number of rotatable bonds is 6. The standard InChI is InChI=1S/C22H28N2O2/c1-3-17-9-7-8-12-19(17)26-20(18-10-5-4-6-11-18)21(25)24-14-13-22(2,15-23)16-24/h4-12,20H,3,13-16,23H2,1-2H3. The van der Waals surface area contributed by atoms with Gasteiger partial charge in [0.05, 0.1) is 0 Å². The van der Waals surface area contributed by atoms with Gasteiger partial charge in [-0.15, -0.1) is 0 Å². The van der Waals surface area contributed by atoms with E-state index in [0.717, 1.165) is 36.3 Å². The molecule has 0 radical (unpaired) electrons. The molecule has 0 aliphatic carbocycles. The van der Waals surface area contributed by atoms with Gasteiger partial charge in [0, 0.05) is 18.7 Å². The molecule has 1 aliphatic rings. The highest BCUT2D eigenvalue weighted by Gasteiger charge is 2.38. The van der Waals surface area contributed by atoms with Gasteiger partial charge in [-0.3, -0.25) is 4.79 Å². The lowest BCUT2D eigenvalue weighted by Crippen LogP contribution is -2.38. The van der Waals surface area contributed by atoms with Gasteiger partial charge in [-0.25, -0.2) is 0 Å². The monoisotopic (exact) mass is 352 g/mol. The van der Waals surface area contributed by atoms with Gasteiger partial charge < -0.3 is 15.4 Å². The van der Waals surface area contributed by atoms with Crippen LogP contribution in [0.4, 0.5) is 0 Å². The topological polar surface area (TPSA) is 55.6 Å². The van der Waals surface area contributed by atoms with Crippen LogP contribution in [0.2, 0.25) is 0 Å². The first-order chi connectivity index (χ1) is 12.6. The summed E-state index contributed by atoms with van der Waals surface area (Å²) in [6, 6.07) is 17.7. The Balaban J connectivity index is 1.88. The first-order valence-corrected chi connectivity index (χ1v) is 9.34. The van der Waals surface area contributed by atoms with Crippen molar-refractivity contribution in [1.29, 1.82) is 0 Å². The van der Waals surface area contributed by atoms with E-state index in [1.54, 1.807) is 0 Å². The number of ether oxygens (including phenoxy) is 1. The molecule has 2 N–H and O–H groups in total. The van der Waals surface area contributed by atoms with Crippen LogP contribution >= 0.6 is 0 Å². The second kappa shape index (κ2) is 7.92. The van der Waals surface area contributed by atoms with Crippen molar-refractivity contribution < 1.29 is 9.53 Å². The van der Waals surface area contributed by atoms with Crippen molar-refractivity contribution in [1.82, 2.24) is 4.90 Å². The molecule has 4 heteroatoms. The van der Waals surface area contributed by atoms with Crippen molar-refractivity contribution in [3.05, 3.63) is 65.7 Å². The number of likely N-dealkylation sites (tertiary alicyclic amines) is 1. The number of amides is 1. The van der Waals surface area contributed by atoms with Gasteiger partial charge in [0.15, 0.2) is 0 Å². The van der Waals surface area contributed by atoms with Crippen LogP contribution < -0.4 is 10.5 Å². The van der Waals surface area contributed by atoms with E-state index in [1.165, 1.54) is 0 Å². The van der Waals surface area contributed by atoms with E-state index < -0.39 is 6.10 Å². The van der Waals surface area contributed by atoms with Crippen molar-refractivity contribution in [2.24, 2.45) is 11.1 Å². The summed E-state index contributed by atoms with van der Waals surface area (Å²) in [6.45, 7) is 6.24. The Hall–Kier alpha value is -2.33. The fraction of sp³-hybridized carbons (Fsp3) is 0.409. The number of hydrogen-bond acceptors (Lipinski definition) is 3. The van der Waals surface area contributed by atoms with Crippen LogP contribution in [0.3, 0.4) is 0 Å². The smallest absolute Gasteiger partial charge is 0.268 e. The molecule has 4 nitrogen and oxygen atoms in total. The van der Waals surface area contributed by atoms with Crippen LogP contribution in [0, 0.1) is 5.41 Å². The van der Waals surface area contributed by atoms with E-state index >= 15 is 0 Å². The number of nitrogens with two attached hydrogens (primary N) is 1. The zero-order valence-electron chi connectivity index (χ0n) is 15.7. The molecule has 1 heterocycles. The molecule has 1 saturated heterocycles. The predicted octanol–water partition coefficient (Wildman–Crippen LogP) is 3.57. The van der Waals surface area contributed by atoms with Crippen LogP contribution in [-0.2, 0) is 11.2 Å². The lowest BCUT2D eigenvalue weighted by atomic mass is 9.90. The van der Waals surface area contributed by atoms with E-state index in [4.69, 9.17) is 10.5 Å². The second-order valence-electron chi connectivity index (χ2n) is 7.39. The molecule has 1 fully saturated rings. The maximum Gasteiger partial charge on any atom is 0.268 e. The van der Waals surface area contributed by atoms with Crippen LogP contribution in [0.15, 0.2) is 54.6 Å². The maximum atomic E-state index is 13.3. The van der Waals surface area contributed by atoms with Gasteiger partial charge in [0.2, 0.25) is 6.10 Å². The summed E-state index contributed by atoms with van der Waals surface area (Å²) in [4.78, 5) is 15.2. The molecule has 2 unspecified atom stereocenters. The number of para-hydroxylation sites is 1. The summed E-state index contributed by atoms with van der Waals surface area (Å²) in [5, 5.41) is 0. The van der Waals surface area contributed by atoms with Gasteiger partial charge in [-0.2, -0.15) is 0 Å². The Morgan fingerprint density at radius 2 is 1.88 bits per heavy atom. The molecule has 0 spiro atoms. The fourth-order valence-electron chi connectivity index (χ4n) is 3.47. The van der Waals surface area contributed by atoms with Crippen molar-refractivity contribution in [2.45, 2.75) is 32.8 Å². The van der Waals surface area contributed by atoms with E-state index in [1.807, 2.05) is 59.5 Å². The van der Waals surface area contributed by atoms with Crippen molar-refractivity contribution in [2.75, 3.05) is 19.6 Å². The van der Waals surface area contributed by atoms with E-state index in [0.29, 0.717) is 13.1 Å². The fourth-order valence-corrected chi connectivity index (χ4v) is 3.47. The summed E-state index contributed by atoms with van der Waals surface area (Å²) < 4.78 is 6.28. The number of carbonyl (C=O) groups is 1. The summed E-state index contributed by atoms with van der Waals surface area (Å²) in [5.41, 5.74) is 7.89. The molecule has 1 aliphatic heterocycles. The van der Waals surface area contributed by atoms with Gasteiger partial charge in [-0.05, 0) is 36.4 Å². The molecule has 2 atom stereocenters. The largest absolute Gasteiger partial charge is 0.476 e. The normalized spacial score (nSPS) is 20.8. The van der Waals surface area contributed by atoms with Crippen molar-refractivity contribution in [3.8, 4) is 5.75 Å². The first-order valence-electron chi connectivity index (χ1n) is 9.34. The molecule has 2 aromatic carbocycles. The summed E-state index contributed by atoms with van der Waals surface area (Å²) in [7, 11) is 0. The average Bonchev–Trinajstić information content (AvgIpc) is 3.09. The molecule has 1 amide bonds. The Kier molecular flexibility index (Phi) is 5.62. The number of carbonyl (C=O) groups excluding carboxylic acids is 1. The molecule has 0 saturated carbocycles. The lowest BCUT2D eigenvalue weighted by molar-refractivity contribution is -0.138. The Morgan fingerprint density at radius 1 is 1.19 bits per heavy atom. The number of benzene rings is 2. The third kappa shape index (κ3) is 3.91. The third-order valence-corrected chi connectivity index (χ3v) is 5.29. The summed E-state index contributed by atoms with van der Waals surface area (Å²) in [6.07, 6.45) is 1.16. The minimum Gasteiger partial charge on any atom is -0.476 e. The molecular formula is C22H28N2O2. The van der Waals surface area contributed by atoms with Crippen molar-refractivity contribution >= 4 is 5.91 Å². The van der Waals surface area contributed by atoms with Gasteiger partial charge in [0.1, 0.15) is 5.75 Å². The Bertz CT molecular complexity index is 747. The van der Waals surface area contributed by atoms with Crippen LogP contribution in [0.25, 0.3) is 0 Å². The SMILES string of the molecule is CCc1ccccc1OC(C(=O)N1CCC(C)(CN)C1)c1ccccc1. The van der Waals surface area contributed by atoms with Crippen LogP contribution in [0.1, 0.15) is 37.5 Å². The second-order valence-corrected chi connectivity index (χ2v) is 7.39. The minimum atomic E-state index is -0.635. The highest BCUT2D eigenvalue weighted by molar-refractivity contribution is 5.83. The molecule has 2 aromatic rings. The number of aryl methyl sites for hydroxylation is 1. The first kappa shape index (κ1) is 18.5. The molecular weight excluding hydrogens is 324 g/mol. The zero-order chi connectivity index (χ0) is 18.6. The van der Waals surface area contributed by atoms with Gasteiger partial charge >= 0.3 is 0 Å². The van der Waals surface area contributed by atoms with E-state index in [-0.39, 0.29) is 11.3 Å². The molecule has 0 bridgehead atoms. The molecule has 3 rings (SSSR count). The van der Waals surface area contributed by atoms with E-state index in [9.17, 15) is 4.79 Å². The highest BCUT2D eigenvalue weighted by atomic mass is 16.5. The highest BCUT2D eigenvalue weighted by Crippen LogP contribution is 2.33. The van der Waals surface area contributed by atoms with Crippen molar-refractivity contribution in [3.63, 3.8) is 0 Å². The van der Waals surface area contributed by atoms with E-state index in [2.05, 4.69) is 13.8 Å². The van der Waals surface area contributed by atoms with Crippen LogP contribution in [0.5, 0.6) is 5.75 Å². The lowest BCUT2D eigenvalue weighted by Gasteiger charge is -2.27. The zero-order valence-corrected chi connectivity index (χ0v) is 15.7. The summed E-state index contributed by atoms with van der Waals surface area (Å²) >= 11 is 0. The Labute approximate surface area is 156 Å². The van der Waals surface area contributed by atoms with Gasteiger partial charge in [-0.1, -0.05) is 62.4 Å². The molecule has 0 aromatic heterocycles. The maximum absolute atomic E-state index is 13.3. The summed E-state index contributed by atoms with van der Waals surface area (Å²) in [5.74, 6) is 0.789.